The van der Waals surface area contributed by atoms with Crippen molar-refractivity contribution in [2.45, 2.75) is 26.8 Å². The minimum atomic E-state index is 0.0720. The summed E-state index contributed by atoms with van der Waals surface area (Å²) in [5, 5.41) is 0. The fourth-order valence-corrected chi connectivity index (χ4v) is 3.16. The predicted molar refractivity (Wildman–Crippen MR) is 109 cm³/mol. The molecule has 0 aliphatic carbocycles. The molecule has 0 spiro atoms. The normalized spacial score (nSPS) is 10.8. The molecule has 4 heterocycles. The lowest BCUT2D eigenvalue weighted by atomic mass is 10.1. The van der Waals surface area contributed by atoms with Crippen molar-refractivity contribution >= 4 is 5.78 Å². The number of ketones is 1. The van der Waals surface area contributed by atoms with Crippen LogP contribution in [0.2, 0.25) is 0 Å². The van der Waals surface area contributed by atoms with E-state index < -0.39 is 0 Å². The molecule has 0 saturated heterocycles. The Morgan fingerprint density at radius 3 is 2.55 bits per heavy atom. The van der Waals surface area contributed by atoms with E-state index in [4.69, 9.17) is 0 Å². The molecular formula is C22H20N6O. The van der Waals surface area contributed by atoms with Crippen molar-refractivity contribution in [3.8, 4) is 22.5 Å². The van der Waals surface area contributed by atoms with Crippen LogP contribution in [0.1, 0.15) is 17.1 Å². The molecule has 0 N–H and O–H groups in total. The topological polar surface area (TPSA) is 86.5 Å². The fraction of sp³-hybridized carbons (Fsp3) is 0.182. The summed E-state index contributed by atoms with van der Waals surface area (Å²) < 4.78 is 1.88. The maximum Gasteiger partial charge on any atom is 0.158 e. The van der Waals surface area contributed by atoms with Gasteiger partial charge in [0.25, 0.3) is 0 Å². The molecule has 144 valence electrons. The monoisotopic (exact) mass is 384 g/mol. The van der Waals surface area contributed by atoms with Gasteiger partial charge in [0.1, 0.15) is 0 Å². The molecule has 7 heteroatoms. The molecule has 7 nitrogen and oxygen atoms in total. The third-order valence-corrected chi connectivity index (χ3v) is 4.68. The first-order valence-electron chi connectivity index (χ1n) is 9.28. The molecular weight excluding hydrogens is 364 g/mol. The summed E-state index contributed by atoms with van der Waals surface area (Å²) in [5.41, 5.74) is 6.11. The number of carbonyl (C=O) groups excluding carboxylic acids is 1. The standard InChI is InChI=1S/C22H20N6O/c1-15-9-17(5-6-24-15)22-16(2)28(14-27-22)13-20(29)10-19-4-3-18(11-26-19)21-12-23-7-8-25-21/h3-9,11-12,14H,10,13H2,1-2H3. The molecule has 4 rings (SSSR count). The van der Waals surface area contributed by atoms with Gasteiger partial charge < -0.3 is 4.57 Å². The molecule has 29 heavy (non-hydrogen) atoms. The van der Waals surface area contributed by atoms with Crippen LogP contribution >= 0.6 is 0 Å². The van der Waals surface area contributed by atoms with Crippen LogP contribution in [0, 0.1) is 13.8 Å². The molecule has 0 fully saturated rings. The number of Topliss-reactive ketones (excluding diaryl/α,β-unsaturated/α-hetero) is 1. The van der Waals surface area contributed by atoms with Gasteiger partial charge in [-0.2, -0.15) is 0 Å². The second kappa shape index (κ2) is 8.10. The van der Waals surface area contributed by atoms with E-state index >= 15 is 0 Å². The lowest BCUT2D eigenvalue weighted by Crippen LogP contribution is -2.13. The number of rotatable bonds is 6. The van der Waals surface area contributed by atoms with Gasteiger partial charge in [-0.05, 0) is 38.1 Å². The quantitative estimate of drug-likeness (QED) is 0.507. The number of hydrogen-bond donors (Lipinski definition) is 0. The Balaban J connectivity index is 1.44. The third kappa shape index (κ3) is 4.24. The first kappa shape index (κ1) is 18.6. The predicted octanol–water partition coefficient (Wildman–Crippen LogP) is 3.23. The Morgan fingerprint density at radius 2 is 1.83 bits per heavy atom. The van der Waals surface area contributed by atoms with Crippen molar-refractivity contribution in [3.63, 3.8) is 0 Å². The van der Waals surface area contributed by atoms with Crippen molar-refractivity contribution in [3.05, 3.63) is 78.7 Å². The van der Waals surface area contributed by atoms with E-state index in [2.05, 4.69) is 24.9 Å². The summed E-state index contributed by atoms with van der Waals surface area (Å²) in [6, 6.07) is 7.68. The zero-order chi connectivity index (χ0) is 20.2. The number of hydrogen-bond acceptors (Lipinski definition) is 6. The van der Waals surface area contributed by atoms with Crippen molar-refractivity contribution in [1.82, 2.24) is 29.5 Å². The Hall–Kier alpha value is -3.74. The summed E-state index contributed by atoms with van der Waals surface area (Å²) in [6.45, 7) is 4.18. The van der Waals surface area contributed by atoms with E-state index in [0.29, 0.717) is 0 Å². The smallest absolute Gasteiger partial charge is 0.158 e. The van der Waals surface area contributed by atoms with Crippen LogP contribution in [-0.2, 0) is 17.8 Å². The van der Waals surface area contributed by atoms with Crippen LogP contribution in [0.4, 0.5) is 0 Å². The third-order valence-electron chi connectivity index (χ3n) is 4.68. The molecule has 0 aromatic carbocycles. The van der Waals surface area contributed by atoms with E-state index in [9.17, 15) is 4.79 Å². The Morgan fingerprint density at radius 1 is 0.931 bits per heavy atom. The number of pyridine rings is 2. The van der Waals surface area contributed by atoms with E-state index in [-0.39, 0.29) is 18.7 Å². The molecule has 0 amide bonds. The van der Waals surface area contributed by atoms with Gasteiger partial charge >= 0.3 is 0 Å². The van der Waals surface area contributed by atoms with Crippen molar-refractivity contribution < 1.29 is 4.79 Å². The summed E-state index contributed by atoms with van der Waals surface area (Å²) in [7, 11) is 0. The lowest BCUT2D eigenvalue weighted by Gasteiger charge is -2.07. The van der Waals surface area contributed by atoms with Gasteiger partial charge in [-0.3, -0.25) is 24.7 Å². The van der Waals surface area contributed by atoms with Gasteiger partial charge in [0, 0.05) is 53.0 Å². The maximum atomic E-state index is 12.6. The van der Waals surface area contributed by atoms with Gasteiger partial charge in [-0.25, -0.2) is 4.98 Å². The SMILES string of the molecule is Cc1cc(-c2ncn(CC(=O)Cc3ccc(-c4cnccn4)cn3)c2C)ccn1. The highest BCUT2D eigenvalue weighted by molar-refractivity contribution is 5.80. The van der Waals surface area contributed by atoms with Crippen LogP contribution in [-0.4, -0.2) is 35.3 Å². The van der Waals surface area contributed by atoms with Crippen molar-refractivity contribution in [2.24, 2.45) is 0 Å². The molecule has 0 atom stereocenters. The van der Waals surface area contributed by atoms with E-state index in [1.54, 1.807) is 37.3 Å². The summed E-state index contributed by atoms with van der Waals surface area (Å²) in [4.78, 5) is 34.0. The maximum absolute atomic E-state index is 12.6. The van der Waals surface area contributed by atoms with Gasteiger partial charge in [0.05, 0.1) is 36.9 Å². The first-order chi connectivity index (χ1) is 14.1. The number of aryl methyl sites for hydroxylation is 1. The summed E-state index contributed by atoms with van der Waals surface area (Å²) in [6.07, 6.45) is 10.4. The number of imidazole rings is 1. The highest BCUT2D eigenvalue weighted by Crippen LogP contribution is 2.22. The van der Waals surface area contributed by atoms with Crippen molar-refractivity contribution in [2.75, 3.05) is 0 Å². The van der Waals surface area contributed by atoms with Crippen LogP contribution in [0.5, 0.6) is 0 Å². The zero-order valence-corrected chi connectivity index (χ0v) is 16.3. The number of aromatic nitrogens is 6. The average Bonchev–Trinajstić information content (AvgIpc) is 3.09. The van der Waals surface area contributed by atoms with Crippen molar-refractivity contribution in [1.29, 1.82) is 0 Å². The van der Waals surface area contributed by atoms with E-state index in [1.165, 1.54) is 0 Å². The number of nitrogens with zero attached hydrogens (tertiary/aromatic N) is 6. The molecule has 0 radical (unpaired) electrons. The van der Waals surface area contributed by atoms with E-state index in [0.717, 1.165) is 39.6 Å². The summed E-state index contributed by atoms with van der Waals surface area (Å²) in [5.74, 6) is 0.0720. The first-order valence-corrected chi connectivity index (χ1v) is 9.28. The Bertz CT molecular complexity index is 1140. The zero-order valence-electron chi connectivity index (χ0n) is 16.3. The van der Waals surface area contributed by atoms with Gasteiger partial charge in [0.15, 0.2) is 5.78 Å². The minimum Gasteiger partial charge on any atom is -0.327 e. The molecule has 0 aliphatic heterocycles. The van der Waals surface area contributed by atoms with Gasteiger partial charge in [0.2, 0.25) is 0 Å². The minimum absolute atomic E-state index is 0.0720. The highest BCUT2D eigenvalue weighted by Gasteiger charge is 2.13. The fourth-order valence-electron chi connectivity index (χ4n) is 3.16. The Kier molecular flexibility index (Phi) is 5.20. The molecule has 4 aromatic heterocycles. The van der Waals surface area contributed by atoms with Crippen LogP contribution in [0.3, 0.4) is 0 Å². The summed E-state index contributed by atoms with van der Waals surface area (Å²) >= 11 is 0. The van der Waals surface area contributed by atoms with Gasteiger partial charge in [-0.15, -0.1) is 0 Å². The molecule has 0 aliphatic rings. The largest absolute Gasteiger partial charge is 0.327 e. The molecule has 0 bridgehead atoms. The van der Waals surface area contributed by atoms with Gasteiger partial charge in [-0.1, -0.05) is 0 Å². The number of carbonyl (C=O) groups is 1. The lowest BCUT2D eigenvalue weighted by molar-refractivity contribution is -0.119. The average molecular weight is 384 g/mol. The van der Waals surface area contributed by atoms with Crippen LogP contribution < -0.4 is 0 Å². The Labute approximate surface area is 168 Å². The second-order valence-electron chi connectivity index (χ2n) is 6.84. The highest BCUT2D eigenvalue weighted by atomic mass is 16.1. The van der Waals surface area contributed by atoms with E-state index in [1.807, 2.05) is 42.7 Å². The molecule has 0 unspecified atom stereocenters. The molecule has 4 aromatic rings. The van der Waals surface area contributed by atoms with Crippen LogP contribution in [0.15, 0.2) is 61.6 Å². The second-order valence-corrected chi connectivity index (χ2v) is 6.84. The van der Waals surface area contributed by atoms with Crippen LogP contribution in [0.25, 0.3) is 22.5 Å². The molecule has 0 saturated carbocycles.